The van der Waals surface area contributed by atoms with Gasteiger partial charge < -0.3 is 10.2 Å². The van der Waals surface area contributed by atoms with Crippen molar-refractivity contribution in [3.05, 3.63) is 24.0 Å². The molecule has 1 aliphatic heterocycles. The summed E-state index contributed by atoms with van der Waals surface area (Å²) in [6.45, 7) is 6.54. The highest BCUT2D eigenvalue weighted by molar-refractivity contribution is 5.54. The van der Waals surface area contributed by atoms with E-state index in [2.05, 4.69) is 35.1 Å². The molecule has 0 bridgehead atoms. The maximum atomic E-state index is 4.34. The summed E-state index contributed by atoms with van der Waals surface area (Å²) in [4.78, 5) is 7.02. The van der Waals surface area contributed by atoms with E-state index in [4.69, 9.17) is 0 Å². The molecule has 2 fully saturated rings. The third kappa shape index (κ3) is 2.83. The van der Waals surface area contributed by atoms with Gasteiger partial charge in [-0.25, -0.2) is 0 Å². The van der Waals surface area contributed by atoms with Crippen LogP contribution < -0.4 is 10.2 Å². The molecule has 20 heavy (non-hydrogen) atoms. The Bertz CT molecular complexity index is 444. The standard InChI is InChI=1S/C17H27N3/c1-13(2)19-12-15-11-18-9-8-17(15)20-10-4-6-14-5-3-7-16(14)20/h8-9,11,13-14,16,19H,3-7,10,12H2,1-2H3. The molecule has 3 nitrogen and oxygen atoms in total. The first-order chi connectivity index (χ1) is 9.75. The predicted molar refractivity (Wildman–Crippen MR) is 83.9 cm³/mol. The quantitative estimate of drug-likeness (QED) is 0.912. The lowest BCUT2D eigenvalue weighted by molar-refractivity contribution is 0.361. The number of rotatable bonds is 4. The average molecular weight is 273 g/mol. The summed E-state index contributed by atoms with van der Waals surface area (Å²) in [5, 5.41) is 3.53. The minimum Gasteiger partial charge on any atom is -0.368 e. The van der Waals surface area contributed by atoms with E-state index < -0.39 is 0 Å². The molecule has 2 heterocycles. The minimum atomic E-state index is 0.517. The van der Waals surface area contributed by atoms with Crippen LogP contribution in [0.15, 0.2) is 18.5 Å². The van der Waals surface area contributed by atoms with Crippen LogP contribution in [-0.2, 0) is 6.54 Å². The first kappa shape index (κ1) is 13.9. The van der Waals surface area contributed by atoms with Crippen molar-refractivity contribution in [3.63, 3.8) is 0 Å². The highest BCUT2D eigenvalue weighted by atomic mass is 15.2. The number of anilines is 1. The van der Waals surface area contributed by atoms with Crippen LogP contribution in [0.1, 0.15) is 51.5 Å². The van der Waals surface area contributed by atoms with Gasteiger partial charge in [-0.15, -0.1) is 0 Å². The van der Waals surface area contributed by atoms with Crippen molar-refractivity contribution in [1.29, 1.82) is 0 Å². The summed E-state index contributed by atoms with van der Waals surface area (Å²) in [7, 11) is 0. The van der Waals surface area contributed by atoms with E-state index in [1.807, 2.05) is 12.4 Å². The van der Waals surface area contributed by atoms with Crippen LogP contribution in [0.3, 0.4) is 0 Å². The maximum Gasteiger partial charge on any atom is 0.0445 e. The number of nitrogens with one attached hydrogen (secondary N) is 1. The highest BCUT2D eigenvalue weighted by Gasteiger charge is 2.35. The molecular formula is C17H27N3. The van der Waals surface area contributed by atoms with Gasteiger partial charge in [0.05, 0.1) is 0 Å². The number of piperidine rings is 1. The largest absolute Gasteiger partial charge is 0.368 e. The molecule has 0 radical (unpaired) electrons. The lowest BCUT2D eigenvalue weighted by Crippen LogP contribution is -2.43. The molecule has 0 amide bonds. The highest BCUT2D eigenvalue weighted by Crippen LogP contribution is 2.39. The fraction of sp³-hybridized carbons (Fsp3) is 0.706. The van der Waals surface area contributed by atoms with Crippen LogP contribution in [0.5, 0.6) is 0 Å². The molecule has 2 unspecified atom stereocenters. The van der Waals surface area contributed by atoms with E-state index in [0.29, 0.717) is 6.04 Å². The van der Waals surface area contributed by atoms with Crippen LogP contribution in [0, 0.1) is 5.92 Å². The van der Waals surface area contributed by atoms with Gasteiger partial charge in [-0.1, -0.05) is 20.3 Å². The van der Waals surface area contributed by atoms with Gasteiger partial charge in [-0.2, -0.15) is 0 Å². The van der Waals surface area contributed by atoms with Crippen molar-refractivity contribution in [2.75, 3.05) is 11.4 Å². The summed E-state index contributed by atoms with van der Waals surface area (Å²) >= 11 is 0. The third-order valence-electron chi connectivity index (χ3n) is 4.88. The predicted octanol–water partition coefficient (Wildman–Crippen LogP) is 3.35. The number of pyridine rings is 1. The van der Waals surface area contributed by atoms with Crippen molar-refractivity contribution in [3.8, 4) is 0 Å². The molecule has 1 saturated carbocycles. The second kappa shape index (κ2) is 6.13. The molecule has 1 N–H and O–H groups in total. The lowest BCUT2D eigenvalue weighted by Gasteiger charge is -2.40. The monoisotopic (exact) mass is 273 g/mol. The zero-order valence-electron chi connectivity index (χ0n) is 12.8. The van der Waals surface area contributed by atoms with Gasteiger partial charge in [0.15, 0.2) is 0 Å². The van der Waals surface area contributed by atoms with Gasteiger partial charge >= 0.3 is 0 Å². The Morgan fingerprint density at radius 1 is 1.30 bits per heavy atom. The Kier molecular flexibility index (Phi) is 4.25. The Labute approximate surface area is 122 Å². The molecule has 110 valence electrons. The van der Waals surface area contributed by atoms with E-state index in [1.54, 1.807) is 0 Å². The van der Waals surface area contributed by atoms with E-state index in [-0.39, 0.29) is 0 Å². The fourth-order valence-electron chi connectivity index (χ4n) is 3.90. The molecule has 3 heteroatoms. The topological polar surface area (TPSA) is 28.2 Å². The summed E-state index contributed by atoms with van der Waals surface area (Å²) in [6, 6.07) is 3.52. The van der Waals surface area contributed by atoms with Crippen LogP contribution >= 0.6 is 0 Å². The van der Waals surface area contributed by atoms with Crippen molar-refractivity contribution < 1.29 is 0 Å². The van der Waals surface area contributed by atoms with Gasteiger partial charge in [-0.3, -0.25) is 4.98 Å². The number of fused-ring (bicyclic) bond motifs is 1. The molecule has 1 aromatic rings. The summed E-state index contributed by atoms with van der Waals surface area (Å²) in [5.41, 5.74) is 2.78. The Morgan fingerprint density at radius 2 is 2.15 bits per heavy atom. The van der Waals surface area contributed by atoms with Crippen molar-refractivity contribution in [2.45, 2.75) is 64.6 Å². The molecule has 0 spiro atoms. The van der Waals surface area contributed by atoms with E-state index in [1.165, 1.54) is 49.9 Å². The Balaban J connectivity index is 1.81. The van der Waals surface area contributed by atoms with Crippen LogP contribution in [0.2, 0.25) is 0 Å². The first-order valence-electron chi connectivity index (χ1n) is 8.18. The van der Waals surface area contributed by atoms with Gasteiger partial charge in [0.1, 0.15) is 0 Å². The average Bonchev–Trinajstić information content (AvgIpc) is 2.93. The molecule has 2 atom stereocenters. The zero-order valence-corrected chi connectivity index (χ0v) is 12.8. The summed E-state index contributed by atoms with van der Waals surface area (Å²) in [6.07, 6.45) is 11.0. The van der Waals surface area contributed by atoms with Crippen molar-refractivity contribution in [2.24, 2.45) is 5.92 Å². The number of hydrogen-bond acceptors (Lipinski definition) is 3. The van der Waals surface area contributed by atoms with Crippen molar-refractivity contribution >= 4 is 5.69 Å². The Hall–Kier alpha value is -1.09. The molecule has 1 aromatic heterocycles. The first-order valence-corrected chi connectivity index (χ1v) is 8.18. The van der Waals surface area contributed by atoms with Gasteiger partial charge in [0.2, 0.25) is 0 Å². The number of nitrogens with zero attached hydrogens (tertiary/aromatic N) is 2. The molecule has 2 aliphatic rings. The van der Waals surface area contributed by atoms with Gasteiger partial charge in [0, 0.05) is 48.8 Å². The molecule has 0 aromatic carbocycles. The van der Waals surface area contributed by atoms with Crippen LogP contribution in [0.25, 0.3) is 0 Å². The summed E-state index contributed by atoms with van der Waals surface area (Å²) < 4.78 is 0. The van der Waals surface area contributed by atoms with Crippen LogP contribution in [-0.4, -0.2) is 23.6 Å². The zero-order chi connectivity index (χ0) is 13.9. The SMILES string of the molecule is CC(C)NCc1cnccc1N1CCCC2CCCC21. The molecule has 1 saturated heterocycles. The fourth-order valence-corrected chi connectivity index (χ4v) is 3.90. The summed E-state index contributed by atoms with van der Waals surface area (Å²) in [5.74, 6) is 0.933. The third-order valence-corrected chi connectivity index (χ3v) is 4.88. The lowest BCUT2D eigenvalue weighted by atomic mass is 9.91. The smallest absolute Gasteiger partial charge is 0.0445 e. The minimum absolute atomic E-state index is 0.517. The Morgan fingerprint density at radius 3 is 3.00 bits per heavy atom. The molecule has 1 aliphatic carbocycles. The van der Waals surface area contributed by atoms with Gasteiger partial charge in [0.25, 0.3) is 0 Å². The van der Waals surface area contributed by atoms with Gasteiger partial charge in [-0.05, 0) is 37.7 Å². The van der Waals surface area contributed by atoms with E-state index in [0.717, 1.165) is 18.5 Å². The second-order valence-corrected chi connectivity index (χ2v) is 6.63. The van der Waals surface area contributed by atoms with Crippen molar-refractivity contribution in [1.82, 2.24) is 10.3 Å². The van der Waals surface area contributed by atoms with E-state index >= 15 is 0 Å². The second-order valence-electron chi connectivity index (χ2n) is 6.63. The van der Waals surface area contributed by atoms with Crippen LogP contribution in [0.4, 0.5) is 5.69 Å². The number of hydrogen-bond donors (Lipinski definition) is 1. The van der Waals surface area contributed by atoms with E-state index in [9.17, 15) is 0 Å². The molecular weight excluding hydrogens is 246 g/mol. The molecule has 3 rings (SSSR count). The normalized spacial score (nSPS) is 26.1. The maximum absolute atomic E-state index is 4.34. The number of aromatic nitrogens is 1.